The summed E-state index contributed by atoms with van der Waals surface area (Å²) in [6, 6.07) is 1.80. The van der Waals surface area contributed by atoms with E-state index in [1.54, 1.807) is 28.3 Å². The summed E-state index contributed by atoms with van der Waals surface area (Å²) in [5.41, 5.74) is 1.86. The summed E-state index contributed by atoms with van der Waals surface area (Å²) in [5.74, 6) is 1.29. The maximum atomic E-state index is 12.6. The van der Waals surface area contributed by atoms with Gasteiger partial charge in [0.05, 0.1) is 10.7 Å². The molecule has 0 aromatic carbocycles. The Labute approximate surface area is 139 Å². The Bertz CT molecular complexity index is 710. The van der Waals surface area contributed by atoms with E-state index in [2.05, 4.69) is 27.3 Å². The average molecular weight is 331 g/mol. The topological polar surface area (TPSA) is 54.3 Å². The molecule has 23 heavy (non-hydrogen) atoms. The number of aromatic nitrogens is 3. The highest BCUT2D eigenvalue weighted by atomic mass is 32.1. The van der Waals surface area contributed by atoms with Crippen LogP contribution >= 0.6 is 11.3 Å². The quantitative estimate of drug-likeness (QED) is 0.853. The second kappa shape index (κ2) is 5.72. The maximum absolute atomic E-state index is 12.6. The van der Waals surface area contributed by atoms with Crippen LogP contribution in [0.1, 0.15) is 21.2 Å². The van der Waals surface area contributed by atoms with Crippen LogP contribution in [0.4, 0.5) is 0 Å². The van der Waals surface area contributed by atoms with Gasteiger partial charge in [-0.1, -0.05) is 0 Å². The second-order valence-electron chi connectivity index (χ2n) is 6.62. The number of fused-ring (bicyclic) bond motifs is 1. The molecule has 0 spiro atoms. The van der Waals surface area contributed by atoms with Gasteiger partial charge in [0.25, 0.3) is 5.91 Å². The van der Waals surface area contributed by atoms with E-state index in [4.69, 9.17) is 0 Å². The SMILES string of the molecule is Cc1nc(CN2C[C@@H]3CN(C(=O)c4ccnn4C)C[C@@H]3C2)cs1. The standard InChI is InChI=1S/C16H21N5OS/c1-11-18-14(10-23-11)9-20-5-12-7-21(8-13(12)6-20)16(22)15-3-4-17-19(15)2/h3-4,10,12-13H,5-9H2,1-2H3/t12-,13+. The zero-order chi connectivity index (χ0) is 16.0. The first-order valence-electron chi connectivity index (χ1n) is 8.01. The Hall–Kier alpha value is -1.73. The molecule has 0 saturated carbocycles. The summed E-state index contributed by atoms with van der Waals surface area (Å²) in [6.07, 6.45) is 1.68. The highest BCUT2D eigenvalue weighted by Gasteiger charge is 2.42. The van der Waals surface area contributed by atoms with Crippen molar-refractivity contribution in [1.29, 1.82) is 0 Å². The van der Waals surface area contributed by atoms with Crippen molar-refractivity contribution in [2.45, 2.75) is 13.5 Å². The lowest BCUT2D eigenvalue weighted by atomic mass is 10.0. The number of carbonyl (C=O) groups excluding carboxylic acids is 1. The van der Waals surface area contributed by atoms with E-state index in [-0.39, 0.29) is 5.91 Å². The summed E-state index contributed by atoms with van der Waals surface area (Å²) in [7, 11) is 1.82. The summed E-state index contributed by atoms with van der Waals surface area (Å²) in [5, 5.41) is 7.38. The molecule has 2 aliphatic rings. The predicted molar refractivity (Wildman–Crippen MR) is 88.2 cm³/mol. The van der Waals surface area contributed by atoms with Crippen molar-refractivity contribution < 1.29 is 4.79 Å². The van der Waals surface area contributed by atoms with Crippen LogP contribution in [0.2, 0.25) is 0 Å². The number of likely N-dealkylation sites (tertiary alicyclic amines) is 2. The van der Waals surface area contributed by atoms with E-state index in [0.717, 1.165) is 37.7 Å². The highest BCUT2D eigenvalue weighted by Crippen LogP contribution is 2.32. The molecule has 6 nitrogen and oxygen atoms in total. The lowest BCUT2D eigenvalue weighted by molar-refractivity contribution is 0.0762. The largest absolute Gasteiger partial charge is 0.337 e. The fourth-order valence-corrected chi connectivity index (χ4v) is 4.44. The minimum atomic E-state index is 0.112. The first kappa shape index (κ1) is 14.8. The van der Waals surface area contributed by atoms with Gasteiger partial charge in [-0.05, 0) is 24.8 Å². The minimum Gasteiger partial charge on any atom is -0.337 e. The first-order chi connectivity index (χ1) is 11.1. The zero-order valence-electron chi connectivity index (χ0n) is 13.5. The van der Waals surface area contributed by atoms with E-state index >= 15 is 0 Å². The molecule has 2 aromatic heterocycles. The summed E-state index contributed by atoms with van der Waals surface area (Å²) < 4.78 is 1.66. The molecule has 4 rings (SSSR count). The third-order valence-electron chi connectivity index (χ3n) is 4.94. The lowest BCUT2D eigenvalue weighted by Gasteiger charge is -2.21. The Morgan fingerprint density at radius 2 is 2.04 bits per heavy atom. The molecule has 0 bridgehead atoms. The van der Waals surface area contributed by atoms with Gasteiger partial charge in [-0.15, -0.1) is 11.3 Å². The van der Waals surface area contributed by atoms with Crippen molar-refractivity contribution >= 4 is 17.2 Å². The molecule has 2 atom stereocenters. The molecule has 1 amide bonds. The minimum absolute atomic E-state index is 0.112. The van der Waals surface area contributed by atoms with Crippen molar-refractivity contribution in [2.75, 3.05) is 26.2 Å². The number of carbonyl (C=O) groups is 1. The van der Waals surface area contributed by atoms with E-state index < -0.39 is 0 Å². The number of thiazole rings is 1. The molecule has 2 aromatic rings. The molecule has 7 heteroatoms. The van der Waals surface area contributed by atoms with Crippen molar-refractivity contribution in [2.24, 2.45) is 18.9 Å². The van der Waals surface area contributed by atoms with E-state index in [1.807, 2.05) is 11.9 Å². The number of rotatable bonds is 3. The molecule has 2 saturated heterocycles. The molecule has 0 radical (unpaired) electrons. The van der Waals surface area contributed by atoms with Crippen LogP contribution in [0.15, 0.2) is 17.6 Å². The molecule has 2 aliphatic heterocycles. The molecule has 0 aliphatic carbocycles. The summed E-state index contributed by atoms with van der Waals surface area (Å²) >= 11 is 1.71. The normalized spacial score (nSPS) is 24.3. The number of amides is 1. The van der Waals surface area contributed by atoms with Crippen molar-refractivity contribution in [3.8, 4) is 0 Å². The third-order valence-corrected chi connectivity index (χ3v) is 5.76. The van der Waals surface area contributed by atoms with Gasteiger partial charge in [-0.3, -0.25) is 14.4 Å². The molecule has 4 heterocycles. The first-order valence-corrected chi connectivity index (χ1v) is 8.89. The lowest BCUT2D eigenvalue weighted by Crippen LogP contribution is -2.34. The summed E-state index contributed by atoms with van der Waals surface area (Å²) in [6.45, 7) is 6.84. The van der Waals surface area contributed by atoms with Crippen molar-refractivity contribution in [1.82, 2.24) is 24.6 Å². The Kier molecular flexibility index (Phi) is 3.69. The number of hydrogen-bond donors (Lipinski definition) is 0. The second-order valence-corrected chi connectivity index (χ2v) is 7.68. The van der Waals surface area contributed by atoms with Crippen LogP contribution in [-0.4, -0.2) is 56.7 Å². The van der Waals surface area contributed by atoms with Gasteiger partial charge in [-0.2, -0.15) is 5.10 Å². The Balaban J connectivity index is 1.36. The Morgan fingerprint density at radius 3 is 2.61 bits per heavy atom. The van der Waals surface area contributed by atoms with Gasteiger partial charge >= 0.3 is 0 Å². The van der Waals surface area contributed by atoms with Crippen LogP contribution in [0.5, 0.6) is 0 Å². The molecule has 122 valence electrons. The van der Waals surface area contributed by atoms with Crippen molar-refractivity contribution in [3.05, 3.63) is 34.0 Å². The van der Waals surface area contributed by atoms with Gasteiger partial charge < -0.3 is 4.90 Å². The number of nitrogens with zero attached hydrogens (tertiary/aromatic N) is 5. The van der Waals surface area contributed by atoms with Gasteiger partial charge in [0, 0.05) is 51.3 Å². The van der Waals surface area contributed by atoms with Crippen LogP contribution < -0.4 is 0 Å². The zero-order valence-corrected chi connectivity index (χ0v) is 14.3. The average Bonchev–Trinajstić information content (AvgIpc) is 3.23. The smallest absolute Gasteiger partial charge is 0.272 e. The molecule has 0 unspecified atom stereocenters. The van der Waals surface area contributed by atoms with Crippen molar-refractivity contribution in [3.63, 3.8) is 0 Å². The number of aryl methyl sites for hydroxylation is 2. The van der Waals surface area contributed by atoms with E-state index in [1.165, 1.54) is 5.69 Å². The van der Waals surface area contributed by atoms with Gasteiger partial charge in [0.2, 0.25) is 0 Å². The van der Waals surface area contributed by atoms with Crippen LogP contribution in [0, 0.1) is 18.8 Å². The fourth-order valence-electron chi connectivity index (χ4n) is 3.84. The van der Waals surface area contributed by atoms with Crippen LogP contribution in [0.25, 0.3) is 0 Å². The van der Waals surface area contributed by atoms with Crippen LogP contribution in [-0.2, 0) is 13.6 Å². The van der Waals surface area contributed by atoms with Crippen LogP contribution in [0.3, 0.4) is 0 Å². The number of hydrogen-bond acceptors (Lipinski definition) is 5. The Morgan fingerprint density at radius 1 is 1.30 bits per heavy atom. The molecular weight excluding hydrogens is 310 g/mol. The predicted octanol–water partition coefficient (Wildman–Crippen LogP) is 1.39. The third kappa shape index (κ3) is 2.79. The molecule has 0 N–H and O–H groups in total. The van der Waals surface area contributed by atoms with E-state index in [9.17, 15) is 4.79 Å². The highest BCUT2D eigenvalue weighted by molar-refractivity contribution is 7.09. The monoisotopic (exact) mass is 331 g/mol. The molecule has 2 fully saturated rings. The summed E-state index contributed by atoms with van der Waals surface area (Å²) in [4.78, 5) is 21.6. The maximum Gasteiger partial charge on any atom is 0.272 e. The molecular formula is C16H21N5OS. The fraction of sp³-hybridized carbons (Fsp3) is 0.562. The van der Waals surface area contributed by atoms with E-state index in [0.29, 0.717) is 17.5 Å². The van der Waals surface area contributed by atoms with Gasteiger partial charge in [0.15, 0.2) is 0 Å². The van der Waals surface area contributed by atoms with Gasteiger partial charge in [0.1, 0.15) is 5.69 Å². The van der Waals surface area contributed by atoms with Gasteiger partial charge in [-0.25, -0.2) is 4.98 Å².